The zero-order valence-corrected chi connectivity index (χ0v) is 13.3. The van der Waals surface area contributed by atoms with E-state index in [1.54, 1.807) is 12.1 Å². The maximum absolute atomic E-state index is 11.4. The van der Waals surface area contributed by atoms with Crippen LogP contribution in [-0.4, -0.2) is 35.2 Å². The van der Waals surface area contributed by atoms with Crippen LogP contribution in [0.5, 0.6) is 17.2 Å². The van der Waals surface area contributed by atoms with Crippen LogP contribution in [0, 0.1) is 0 Å². The first-order chi connectivity index (χ1) is 12.2. The molecule has 0 fully saturated rings. The normalized spacial score (nSPS) is 12.8. The van der Waals surface area contributed by atoms with Crippen LogP contribution in [0.1, 0.15) is 21.6 Å². The average Bonchev–Trinajstić information content (AvgIpc) is 3.25. The van der Waals surface area contributed by atoms with Crippen LogP contribution in [0.25, 0.3) is 23.1 Å². The van der Waals surface area contributed by atoms with Crippen LogP contribution in [0.15, 0.2) is 30.3 Å². The van der Waals surface area contributed by atoms with Gasteiger partial charge in [-0.3, -0.25) is 5.10 Å². The summed E-state index contributed by atoms with van der Waals surface area (Å²) in [5.74, 6) is 0.643. The minimum Gasteiger partial charge on any atom is -0.495 e. The second-order valence-corrected chi connectivity index (χ2v) is 5.43. The van der Waals surface area contributed by atoms with Gasteiger partial charge in [0.2, 0.25) is 6.79 Å². The molecule has 0 spiro atoms. The summed E-state index contributed by atoms with van der Waals surface area (Å²) in [5, 5.41) is 17.1. The summed E-state index contributed by atoms with van der Waals surface area (Å²) in [4.78, 5) is 11.4. The van der Waals surface area contributed by atoms with Gasteiger partial charge in [-0.05, 0) is 35.9 Å². The molecule has 0 amide bonds. The molecule has 7 nitrogen and oxygen atoms in total. The molecule has 2 N–H and O–H groups in total. The molecule has 0 aliphatic carbocycles. The number of aromatic nitrogens is 2. The maximum Gasteiger partial charge on any atom is 0.339 e. The Balaban J connectivity index is 1.76. The van der Waals surface area contributed by atoms with Crippen molar-refractivity contribution in [3.05, 3.63) is 47.2 Å². The molecule has 0 saturated heterocycles. The van der Waals surface area contributed by atoms with Crippen molar-refractivity contribution in [2.24, 2.45) is 0 Å². The average molecular weight is 338 g/mol. The second kappa shape index (κ2) is 5.86. The number of hydrogen-bond acceptors (Lipinski definition) is 5. The van der Waals surface area contributed by atoms with E-state index in [2.05, 4.69) is 10.2 Å². The lowest BCUT2D eigenvalue weighted by atomic mass is 10.1. The molecule has 2 aromatic carbocycles. The number of carboxylic acid groups (broad SMARTS) is 1. The third-order valence-corrected chi connectivity index (χ3v) is 3.98. The summed E-state index contributed by atoms with van der Waals surface area (Å²) in [5.41, 5.74) is 2.29. The first-order valence-corrected chi connectivity index (χ1v) is 7.53. The number of aromatic carboxylic acids is 1. The molecular formula is C18H14N2O5. The van der Waals surface area contributed by atoms with Gasteiger partial charge >= 0.3 is 5.97 Å². The molecule has 0 saturated carbocycles. The van der Waals surface area contributed by atoms with Crippen LogP contribution >= 0.6 is 0 Å². The third kappa shape index (κ3) is 2.55. The number of benzene rings is 2. The molecule has 7 heteroatoms. The molecule has 4 rings (SSSR count). The zero-order chi connectivity index (χ0) is 17.4. The molecule has 126 valence electrons. The van der Waals surface area contributed by atoms with Gasteiger partial charge in [-0.25, -0.2) is 4.79 Å². The first-order valence-electron chi connectivity index (χ1n) is 7.53. The highest BCUT2D eigenvalue weighted by atomic mass is 16.7. The van der Waals surface area contributed by atoms with Crippen LogP contribution in [0.2, 0.25) is 0 Å². The molecule has 1 aliphatic heterocycles. The van der Waals surface area contributed by atoms with Gasteiger partial charge in [0.1, 0.15) is 11.3 Å². The van der Waals surface area contributed by atoms with Crippen molar-refractivity contribution in [1.82, 2.24) is 10.2 Å². The Hall–Kier alpha value is -3.48. The van der Waals surface area contributed by atoms with Crippen LogP contribution in [0.3, 0.4) is 0 Å². The number of rotatable bonds is 4. The highest BCUT2D eigenvalue weighted by Crippen LogP contribution is 2.34. The largest absolute Gasteiger partial charge is 0.495 e. The number of fused-ring (bicyclic) bond motifs is 2. The third-order valence-electron chi connectivity index (χ3n) is 3.98. The zero-order valence-electron chi connectivity index (χ0n) is 13.3. The van der Waals surface area contributed by atoms with Crippen molar-refractivity contribution in [2.75, 3.05) is 13.9 Å². The standard InChI is InChI=1S/C18H14N2O5/c1-23-17-11(18(21)22)4-6-13-16(17)12(19-20-13)5-2-10-3-7-14-15(8-10)25-9-24-14/h2-8H,9H2,1H3,(H,19,20)(H,21,22). The smallest absolute Gasteiger partial charge is 0.339 e. The molecule has 2 heterocycles. The number of hydrogen-bond donors (Lipinski definition) is 2. The predicted molar refractivity (Wildman–Crippen MR) is 91.1 cm³/mol. The molecule has 3 aromatic rings. The van der Waals surface area contributed by atoms with E-state index in [1.807, 2.05) is 24.3 Å². The Labute approximate surface area is 142 Å². The van der Waals surface area contributed by atoms with E-state index in [1.165, 1.54) is 13.2 Å². The van der Waals surface area contributed by atoms with Crippen molar-refractivity contribution >= 4 is 29.0 Å². The molecule has 0 bridgehead atoms. The van der Waals surface area contributed by atoms with Gasteiger partial charge in [-0.1, -0.05) is 12.1 Å². The Morgan fingerprint density at radius 1 is 1.24 bits per heavy atom. The van der Waals surface area contributed by atoms with Gasteiger partial charge in [-0.15, -0.1) is 0 Å². The molecule has 0 atom stereocenters. The van der Waals surface area contributed by atoms with E-state index in [-0.39, 0.29) is 18.1 Å². The van der Waals surface area contributed by atoms with E-state index in [4.69, 9.17) is 14.2 Å². The number of ether oxygens (including phenoxy) is 3. The number of aromatic amines is 1. The van der Waals surface area contributed by atoms with E-state index in [0.717, 1.165) is 11.3 Å². The number of nitrogens with one attached hydrogen (secondary N) is 1. The quantitative estimate of drug-likeness (QED) is 0.759. The fraction of sp³-hybridized carbons (Fsp3) is 0.111. The molecule has 0 unspecified atom stereocenters. The van der Waals surface area contributed by atoms with E-state index in [0.29, 0.717) is 22.3 Å². The van der Waals surface area contributed by atoms with Crippen LogP contribution in [0.4, 0.5) is 0 Å². The number of H-pyrrole nitrogens is 1. The van der Waals surface area contributed by atoms with Crippen LogP contribution < -0.4 is 14.2 Å². The summed E-state index contributed by atoms with van der Waals surface area (Å²) in [6.07, 6.45) is 3.66. The van der Waals surface area contributed by atoms with Crippen molar-refractivity contribution in [3.8, 4) is 17.2 Å². The predicted octanol–water partition coefficient (Wildman–Crippen LogP) is 3.17. The maximum atomic E-state index is 11.4. The van der Waals surface area contributed by atoms with Crippen LogP contribution in [-0.2, 0) is 0 Å². The summed E-state index contributed by atoms with van der Waals surface area (Å²) in [6, 6.07) is 8.78. The van der Waals surface area contributed by atoms with E-state index < -0.39 is 5.97 Å². The molecule has 0 radical (unpaired) electrons. The number of carboxylic acids is 1. The fourth-order valence-corrected chi connectivity index (χ4v) is 2.80. The number of methoxy groups -OCH3 is 1. The second-order valence-electron chi connectivity index (χ2n) is 5.43. The minimum atomic E-state index is -1.05. The monoisotopic (exact) mass is 338 g/mol. The van der Waals surface area contributed by atoms with E-state index in [9.17, 15) is 9.90 Å². The van der Waals surface area contributed by atoms with Gasteiger partial charge in [0.05, 0.1) is 23.7 Å². The lowest BCUT2D eigenvalue weighted by Crippen LogP contribution is -2.00. The molecule has 1 aliphatic rings. The van der Waals surface area contributed by atoms with Gasteiger partial charge in [0.25, 0.3) is 0 Å². The number of nitrogens with zero attached hydrogens (tertiary/aromatic N) is 1. The van der Waals surface area contributed by atoms with Crippen molar-refractivity contribution < 1.29 is 24.1 Å². The summed E-state index contributed by atoms with van der Waals surface area (Å²) >= 11 is 0. The highest BCUT2D eigenvalue weighted by Gasteiger charge is 2.18. The van der Waals surface area contributed by atoms with Gasteiger partial charge in [-0.2, -0.15) is 5.10 Å². The van der Waals surface area contributed by atoms with Gasteiger partial charge in [0, 0.05) is 0 Å². The Morgan fingerprint density at radius 3 is 2.88 bits per heavy atom. The van der Waals surface area contributed by atoms with Crippen molar-refractivity contribution in [1.29, 1.82) is 0 Å². The van der Waals surface area contributed by atoms with Crippen molar-refractivity contribution in [2.45, 2.75) is 0 Å². The molecular weight excluding hydrogens is 324 g/mol. The highest BCUT2D eigenvalue weighted by molar-refractivity contribution is 6.02. The Morgan fingerprint density at radius 2 is 2.08 bits per heavy atom. The lowest BCUT2D eigenvalue weighted by molar-refractivity contribution is 0.0693. The SMILES string of the molecule is COc1c(C(=O)O)ccc2[nH]nc(C=Cc3ccc4c(c3)OCO4)c12. The number of carbonyl (C=O) groups is 1. The van der Waals surface area contributed by atoms with Crippen molar-refractivity contribution in [3.63, 3.8) is 0 Å². The Bertz CT molecular complexity index is 1010. The van der Waals surface area contributed by atoms with E-state index >= 15 is 0 Å². The van der Waals surface area contributed by atoms with Gasteiger partial charge in [0.15, 0.2) is 11.5 Å². The Kier molecular flexibility index (Phi) is 3.53. The topological polar surface area (TPSA) is 93.7 Å². The minimum absolute atomic E-state index is 0.0918. The lowest BCUT2D eigenvalue weighted by Gasteiger charge is -2.06. The first kappa shape index (κ1) is 15.1. The molecule has 25 heavy (non-hydrogen) atoms. The fourth-order valence-electron chi connectivity index (χ4n) is 2.80. The van der Waals surface area contributed by atoms with Gasteiger partial charge < -0.3 is 19.3 Å². The molecule has 1 aromatic heterocycles. The summed E-state index contributed by atoms with van der Waals surface area (Å²) < 4.78 is 16.0. The summed E-state index contributed by atoms with van der Waals surface area (Å²) in [6.45, 7) is 0.224. The summed E-state index contributed by atoms with van der Waals surface area (Å²) in [7, 11) is 1.44.